The highest BCUT2D eigenvalue weighted by Crippen LogP contribution is 2.37. The first-order valence-corrected chi connectivity index (χ1v) is 12.1. The molecule has 0 spiro atoms. The minimum Gasteiger partial charge on any atom is -0.354 e. The van der Waals surface area contributed by atoms with Crippen LogP contribution in [0.1, 0.15) is 24.0 Å². The van der Waals surface area contributed by atoms with Gasteiger partial charge in [-0.1, -0.05) is 48.5 Å². The summed E-state index contributed by atoms with van der Waals surface area (Å²) in [7, 11) is -3.47. The molecule has 0 unspecified atom stereocenters. The average Bonchev–Trinajstić information content (AvgIpc) is 3.47. The maximum absolute atomic E-state index is 12.9. The third-order valence-corrected chi connectivity index (χ3v) is 7.72. The van der Waals surface area contributed by atoms with Crippen molar-refractivity contribution in [2.45, 2.75) is 17.7 Å². The highest BCUT2D eigenvalue weighted by atomic mass is 32.2. The van der Waals surface area contributed by atoms with Crippen molar-refractivity contribution in [2.75, 3.05) is 23.7 Å². The normalized spacial score (nSPS) is 17.7. The van der Waals surface area contributed by atoms with E-state index in [1.807, 2.05) is 54.6 Å². The number of anilines is 2. The summed E-state index contributed by atoms with van der Waals surface area (Å²) < 4.78 is 27.2. The summed E-state index contributed by atoms with van der Waals surface area (Å²) >= 11 is 0. The van der Waals surface area contributed by atoms with Gasteiger partial charge in [-0.2, -0.15) is 4.31 Å². The molecule has 7 heteroatoms. The van der Waals surface area contributed by atoms with E-state index < -0.39 is 10.0 Å². The molecule has 1 amide bonds. The number of fused-ring (bicyclic) bond motifs is 1. The van der Waals surface area contributed by atoms with E-state index in [-0.39, 0.29) is 10.8 Å². The van der Waals surface area contributed by atoms with Crippen molar-refractivity contribution in [3.63, 3.8) is 0 Å². The van der Waals surface area contributed by atoms with Crippen molar-refractivity contribution < 1.29 is 13.2 Å². The molecular formula is C25H23N3O3S. The van der Waals surface area contributed by atoms with Crippen LogP contribution in [0.25, 0.3) is 11.3 Å². The lowest BCUT2D eigenvalue weighted by Gasteiger charge is -2.17. The maximum Gasteiger partial charge on any atom is 0.258 e. The standard InChI is InChI=1S/C25H23N3O3S/c29-25-23(21-10-4-5-11-22(21)27-25)24(18-8-2-1-3-9-18)26-19-12-14-20(15-13-19)32(30,31)28-16-6-7-17-28/h1-5,8-15,26H,6-7,16-17H2,(H,27,29). The molecule has 0 saturated carbocycles. The molecule has 32 heavy (non-hydrogen) atoms. The van der Waals surface area contributed by atoms with Crippen LogP contribution in [0.3, 0.4) is 0 Å². The SMILES string of the molecule is O=C1Nc2ccccc2C1=C(Nc1ccc(S(=O)(=O)N2CCCC2)cc1)c1ccccc1. The predicted octanol–water partition coefficient (Wildman–Crippen LogP) is 4.40. The zero-order valence-electron chi connectivity index (χ0n) is 17.4. The summed E-state index contributed by atoms with van der Waals surface area (Å²) in [6.45, 7) is 1.14. The Kier molecular flexibility index (Phi) is 5.28. The number of nitrogens with zero attached hydrogens (tertiary/aromatic N) is 1. The summed E-state index contributed by atoms with van der Waals surface area (Å²) in [5.41, 5.74) is 4.40. The summed E-state index contributed by atoms with van der Waals surface area (Å²) in [4.78, 5) is 13.2. The van der Waals surface area contributed by atoms with E-state index in [2.05, 4.69) is 10.6 Å². The number of hydrogen-bond acceptors (Lipinski definition) is 4. The Hall–Kier alpha value is -3.42. The second-order valence-electron chi connectivity index (χ2n) is 7.88. The third kappa shape index (κ3) is 3.70. The quantitative estimate of drug-likeness (QED) is 0.571. The van der Waals surface area contributed by atoms with Gasteiger partial charge in [-0.3, -0.25) is 4.79 Å². The molecule has 3 aromatic carbocycles. The van der Waals surface area contributed by atoms with Gasteiger partial charge in [0, 0.05) is 30.0 Å². The van der Waals surface area contributed by atoms with Gasteiger partial charge in [-0.25, -0.2) is 8.42 Å². The number of para-hydroxylation sites is 1. The van der Waals surface area contributed by atoms with Gasteiger partial charge in [-0.15, -0.1) is 0 Å². The minimum atomic E-state index is -3.47. The lowest BCUT2D eigenvalue weighted by atomic mass is 10.00. The number of hydrogen-bond donors (Lipinski definition) is 2. The first kappa shape index (κ1) is 20.5. The van der Waals surface area contributed by atoms with Gasteiger partial charge in [0.15, 0.2) is 0 Å². The molecule has 0 bridgehead atoms. The van der Waals surface area contributed by atoms with Gasteiger partial charge in [0.25, 0.3) is 5.91 Å². The zero-order chi connectivity index (χ0) is 22.1. The predicted molar refractivity (Wildman–Crippen MR) is 126 cm³/mol. The van der Waals surface area contributed by atoms with Crippen LogP contribution in [0, 0.1) is 0 Å². The monoisotopic (exact) mass is 445 g/mol. The first-order chi connectivity index (χ1) is 15.5. The smallest absolute Gasteiger partial charge is 0.258 e. The zero-order valence-corrected chi connectivity index (χ0v) is 18.2. The van der Waals surface area contributed by atoms with E-state index >= 15 is 0 Å². The maximum atomic E-state index is 12.9. The third-order valence-electron chi connectivity index (χ3n) is 5.81. The van der Waals surface area contributed by atoms with Gasteiger partial charge in [-0.05, 0) is 48.7 Å². The van der Waals surface area contributed by atoms with E-state index in [4.69, 9.17) is 0 Å². The number of carbonyl (C=O) groups excluding carboxylic acids is 1. The average molecular weight is 446 g/mol. The van der Waals surface area contributed by atoms with Crippen LogP contribution in [0.4, 0.5) is 11.4 Å². The van der Waals surface area contributed by atoms with Crippen molar-refractivity contribution in [2.24, 2.45) is 0 Å². The minimum absolute atomic E-state index is 0.175. The Morgan fingerprint density at radius 2 is 1.50 bits per heavy atom. The number of carbonyl (C=O) groups is 1. The summed E-state index contributed by atoms with van der Waals surface area (Å²) in [5.74, 6) is -0.175. The molecule has 0 aliphatic carbocycles. The summed E-state index contributed by atoms with van der Waals surface area (Å²) in [6.07, 6.45) is 1.80. The Balaban J connectivity index is 1.53. The van der Waals surface area contributed by atoms with E-state index in [9.17, 15) is 13.2 Å². The van der Waals surface area contributed by atoms with E-state index in [0.717, 1.165) is 29.7 Å². The molecule has 6 nitrogen and oxygen atoms in total. The Labute approximate surface area is 187 Å². The molecule has 0 aromatic heterocycles. The Morgan fingerprint density at radius 3 is 2.22 bits per heavy atom. The van der Waals surface area contributed by atoms with Gasteiger partial charge in [0.05, 0.1) is 16.2 Å². The molecule has 1 fully saturated rings. The van der Waals surface area contributed by atoms with Crippen molar-refractivity contribution in [3.05, 3.63) is 90.0 Å². The van der Waals surface area contributed by atoms with Crippen LogP contribution in [0.5, 0.6) is 0 Å². The van der Waals surface area contributed by atoms with Crippen LogP contribution >= 0.6 is 0 Å². The molecule has 2 aliphatic heterocycles. The van der Waals surface area contributed by atoms with Crippen molar-refractivity contribution in [1.29, 1.82) is 0 Å². The molecular weight excluding hydrogens is 422 g/mol. The fourth-order valence-corrected chi connectivity index (χ4v) is 5.70. The second-order valence-corrected chi connectivity index (χ2v) is 9.81. The van der Waals surface area contributed by atoms with Crippen LogP contribution in [0.15, 0.2) is 83.8 Å². The molecule has 3 aromatic rings. The summed E-state index contributed by atoms with van der Waals surface area (Å²) in [6, 6.07) is 23.9. The van der Waals surface area contributed by atoms with Gasteiger partial charge in [0.2, 0.25) is 10.0 Å². The van der Waals surface area contributed by atoms with Gasteiger partial charge < -0.3 is 10.6 Å². The fraction of sp³-hybridized carbons (Fsp3) is 0.160. The molecule has 2 aliphatic rings. The molecule has 5 rings (SSSR count). The second kappa shape index (κ2) is 8.26. The van der Waals surface area contributed by atoms with Crippen molar-refractivity contribution in [1.82, 2.24) is 4.31 Å². The first-order valence-electron chi connectivity index (χ1n) is 10.6. The molecule has 1 saturated heterocycles. The number of amides is 1. The highest BCUT2D eigenvalue weighted by Gasteiger charge is 2.29. The van der Waals surface area contributed by atoms with E-state index in [1.54, 1.807) is 24.3 Å². The molecule has 0 atom stereocenters. The van der Waals surface area contributed by atoms with E-state index in [0.29, 0.717) is 30.0 Å². The topological polar surface area (TPSA) is 78.5 Å². The molecule has 0 radical (unpaired) electrons. The number of benzene rings is 3. The van der Waals surface area contributed by atoms with Crippen LogP contribution in [0.2, 0.25) is 0 Å². The van der Waals surface area contributed by atoms with Crippen molar-refractivity contribution >= 4 is 38.6 Å². The van der Waals surface area contributed by atoms with Crippen LogP contribution in [-0.4, -0.2) is 31.7 Å². The molecule has 2 N–H and O–H groups in total. The largest absolute Gasteiger partial charge is 0.354 e. The van der Waals surface area contributed by atoms with Crippen LogP contribution < -0.4 is 10.6 Å². The highest BCUT2D eigenvalue weighted by molar-refractivity contribution is 7.89. The van der Waals surface area contributed by atoms with E-state index in [1.165, 1.54) is 4.31 Å². The lowest BCUT2D eigenvalue weighted by Crippen LogP contribution is -2.27. The van der Waals surface area contributed by atoms with Crippen LogP contribution in [-0.2, 0) is 14.8 Å². The number of sulfonamides is 1. The summed E-state index contributed by atoms with van der Waals surface area (Å²) in [5, 5.41) is 6.29. The number of rotatable bonds is 5. The van der Waals surface area contributed by atoms with Crippen molar-refractivity contribution in [3.8, 4) is 0 Å². The Bertz CT molecular complexity index is 1290. The molecule has 2 heterocycles. The fourth-order valence-electron chi connectivity index (χ4n) is 4.18. The van der Waals surface area contributed by atoms with Gasteiger partial charge >= 0.3 is 0 Å². The lowest BCUT2D eigenvalue weighted by molar-refractivity contribution is -0.110. The number of nitrogens with one attached hydrogen (secondary N) is 2. The van der Waals surface area contributed by atoms with Gasteiger partial charge in [0.1, 0.15) is 0 Å². The molecule has 162 valence electrons. The Morgan fingerprint density at radius 1 is 0.844 bits per heavy atom.